The zero-order valence-electron chi connectivity index (χ0n) is 17.3. The Bertz CT molecular complexity index is 882. The predicted octanol–water partition coefficient (Wildman–Crippen LogP) is 5.50. The number of hydrogen-bond donors (Lipinski definition) is 2. The Morgan fingerprint density at radius 1 is 0.893 bits per heavy atom. The van der Waals surface area contributed by atoms with Gasteiger partial charge in [-0.1, -0.05) is 95.3 Å². The van der Waals surface area contributed by atoms with Crippen LogP contribution in [0.2, 0.25) is 0 Å². The molecule has 0 aliphatic rings. The highest BCUT2D eigenvalue weighted by molar-refractivity contribution is 5.94. The molecule has 1 amide bonds. The molecule has 0 fully saturated rings. The third-order valence-electron chi connectivity index (χ3n) is 5.15. The Balaban J connectivity index is 1.93. The van der Waals surface area contributed by atoms with Crippen LogP contribution in [0.3, 0.4) is 0 Å². The summed E-state index contributed by atoms with van der Waals surface area (Å²) in [4.78, 5) is 21.0. The highest BCUT2D eigenvalue weighted by atomic mass is 16.2. The smallest absolute Gasteiger partial charge is 0.233 e. The van der Waals surface area contributed by atoms with Crippen molar-refractivity contribution in [3.63, 3.8) is 0 Å². The van der Waals surface area contributed by atoms with Gasteiger partial charge in [-0.05, 0) is 11.1 Å². The van der Waals surface area contributed by atoms with E-state index in [4.69, 9.17) is 0 Å². The number of carbonyl (C=O) groups is 1. The first-order valence-electron chi connectivity index (χ1n) is 9.67. The van der Waals surface area contributed by atoms with Crippen LogP contribution in [0.4, 0.5) is 5.95 Å². The van der Waals surface area contributed by atoms with Crippen LogP contribution in [0.25, 0.3) is 0 Å². The van der Waals surface area contributed by atoms with Crippen molar-refractivity contribution in [2.45, 2.75) is 46.0 Å². The number of imidazole rings is 1. The number of H-pyrrole nitrogens is 1. The first-order valence-corrected chi connectivity index (χ1v) is 9.67. The average Bonchev–Trinajstić information content (AvgIpc) is 3.12. The highest BCUT2D eigenvalue weighted by Gasteiger charge is 2.39. The van der Waals surface area contributed by atoms with Gasteiger partial charge in [-0.3, -0.25) is 10.1 Å². The second kappa shape index (κ2) is 7.63. The number of amides is 1. The Labute approximate surface area is 167 Å². The number of nitrogens with zero attached hydrogens (tertiary/aromatic N) is 1. The molecule has 4 heteroatoms. The van der Waals surface area contributed by atoms with Gasteiger partial charge in [-0.2, -0.15) is 0 Å². The topological polar surface area (TPSA) is 57.8 Å². The molecule has 0 aliphatic heterocycles. The van der Waals surface area contributed by atoms with Crippen LogP contribution in [0, 0.1) is 5.41 Å². The number of carbonyl (C=O) groups excluding carboxylic acids is 1. The molecule has 0 saturated carbocycles. The van der Waals surface area contributed by atoms with Crippen molar-refractivity contribution in [1.29, 1.82) is 0 Å². The van der Waals surface area contributed by atoms with Crippen molar-refractivity contribution < 1.29 is 4.79 Å². The number of anilines is 1. The van der Waals surface area contributed by atoms with Gasteiger partial charge < -0.3 is 4.98 Å². The largest absolute Gasteiger partial charge is 0.330 e. The summed E-state index contributed by atoms with van der Waals surface area (Å²) in [5, 5.41) is 2.99. The maximum Gasteiger partial charge on any atom is 0.233 e. The molecular weight excluding hydrogens is 346 g/mol. The number of benzene rings is 2. The zero-order valence-corrected chi connectivity index (χ0v) is 17.3. The van der Waals surface area contributed by atoms with Gasteiger partial charge in [-0.25, -0.2) is 4.98 Å². The SMILES string of the molecule is CC(C)(C)c1c[nH]c(NC(=O)C(C)(C)C(c2ccccc2)c2ccccc2)n1. The van der Waals surface area contributed by atoms with Gasteiger partial charge >= 0.3 is 0 Å². The van der Waals surface area contributed by atoms with Crippen molar-refractivity contribution >= 4 is 11.9 Å². The summed E-state index contributed by atoms with van der Waals surface area (Å²) in [6.07, 6.45) is 1.86. The number of aromatic amines is 1. The molecule has 2 N–H and O–H groups in total. The lowest BCUT2D eigenvalue weighted by Crippen LogP contribution is -2.37. The third-order valence-corrected chi connectivity index (χ3v) is 5.15. The lowest BCUT2D eigenvalue weighted by molar-refractivity contribution is -0.124. The molecule has 0 spiro atoms. The van der Waals surface area contributed by atoms with E-state index in [0.717, 1.165) is 16.8 Å². The molecule has 1 heterocycles. The Morgan fingerprint density at radius 2 is 1.39 bits per heavy atom. The van der Waals surface area contributed by atoms with E-state index >= 15 is 0 Å². The number of aromatic nitrogens is 2. The number of nitrogens with one attached hydrogen (secondary N) is 2. The zero-order chi connectivity index (χ0) is 20.4. The van der Waals surface area contributed by atoms with Gasteiger partial charge in [0.05, 0.1) is 11.1 Å². The van der Waals surface area contributed by atoms with Gasteiger partial charge in [-0.15, -0.1) is 0 Å². The summed E-state index contributed by atoms with van der Waals surface area (Å²) in [7, 11) is 0. The van der Waals surface area contributed by atoms with Crippen molar-refractivity contribution in [3.8, 4) is 0 Å². The van der Waals surface area contributed by atoms with Crippen LogP contribution >= 0.6 is 0 Å². The normalized spacial score (nSPS) is 12.2. The van der Waals surface area contributed by atoms with Crippen molar-refractivity contribution in [2.75, 3.05) is 5.32 Å². The molecule has 0 atom stereocenters. The van der Waals surface area contributed by atoms with Crippen molar-refractivity contribution in [3.05, 3.63) is 83.7 Å². The van der Waals surface area contributed by atoms with Crippen molar-refractivity contribution in [2.24, 2.45) is 5.41 Å². The van der Waals surface area contributed by atoms with Gasteiger partial charge in [0.25, 0.3) is 0 Å². The minimum absolute atomic E-state index is 0.0694. The molecule has 3 rings (SSSR count). The average molecular weight is 376 g/mol. The van der Waals surface area contributed by atoms with Crippen LogP contribution in [0.15, 0.2) is 66.9 Å². The van der Waals surface area contributed by atoms with E-state index in [9.17, 15) is 4.79 Å². The fourth-order valence-electron chi connectivity index (χ4n) is 3.49. The maximum absolute atomic E-state index is 13.3. The van der Waals surface area contributed by atoms with E-state index in [1.807, 2.05) is 56.4 Å². The number of rotatable bonds is 5. The fraction of sp³-hybridized carbons (Fsp3) is 0.333. The lowest BCUT2D eigenvalue weighted by atomic mass is 9.70. The molecule has 0 unspecified atom stereocenters. The van der Waals surface area contributed by atoms with Gasteiger partial charge in [0, 0.05) is 17.5 Å². The predicted molar refractivity (Wildman–Crippen MR) is 114 cm³/mol. The van der Waals surface area contributed by atoms with E-state index in [1.54, 1.807) is 0 Å². The summed E-state index contributed by atoms with van der Waals surface area (Å²) >= 11 is 0. The summed E-state index contributed by atoms with van der Waals surface area (Å²) in [6.45, 7) is 10.3. The Morgan fingerprint density at radius 3 is 1.82 bits per heavy atom. The Hall–Kier alpha value is -2.88. The van der Waals surface area contributed by atoms with Gasteiger partial charge in [0.15, 0.2) is 0 Å². The molecule has 28 heavy (non-hydrogen) atoms. The molecule has 0 aliphatic carbocycles. The monoisotopic (exact) mass is 375 g/mol. The van der Waals surface area contributed by atoms with Gasteiger partial charge in [0.1, 0.15) is 0 Å². The minimum Gasteiger partial charge on any atom is -0.330 e. The van der Waals surface area contributed by atoms with Crippen LogP contribution in [0.5, 0.6) is 0 Å². The molecule has 1 aromatic heterocycles. The molecular formula is C24H29N3O. The highest BCUT2D eigenvalue weighted by Crippen LogP contribution is 2.41. The first-order chi connectivity index (χ1) is 13.2. The molecule has 0 bridgehead atoms. The van der Waals surface area contributed by atoms with E-state index < -0.39 is 5.41 Å². The Kier molecular flexibility index (Phi) is 5.41. The van der Waals surface area contributed by atoms with Gasteiger partial charge in [0.2, 0.25) is 11.9 Å². The molecule has 3 aromatic rings. The second-order valence-corrected chi connectivity index (χ2v) is 8.81. The van der Waals surface area contributed by atoms with Crippen LogP contribution in [-0.4, -0.2) is 15.9 Å². The molecule has 2 aromatic carbocycles. The standard InChI is InChI=1S/C24H29N3O/c1-23(2,3)19-16-25-22(26-19)27-21(28)24(4,5)20(17-12-8-6-9-13-17)18-14-10-7-11-15-18/h6-16,20H,1-5H3,(H2,25,26,27,28). The molecule has 146 valence electrons. The molecule has 0 saturated heterocycles. The fourth-order valence-corrected chi connectivity index (χ4v) is 3.49. The van der Waals surface area contributed by atoms with E-state index in [2.05, 4.69) is 60.3 Å². The summed E-state index contributed by atoms with van der Waals surface area (Å²) in [5.41, 5.74) is 2.39. The summed E-state index contributed by atoms with van der Waals surface area (Å²) in [5.74, 6) is 0.342. The van der Waals surface area contributed by atoms with Crippen LogP contribution < -0.4 is 5.32 Å². The number of hydrogen-bond acceptors (Lipinski definition) is 2. The summed E-state index contributed by atoms with van der Waals surface area (Å²) in [6, 6.07) is 20.4. The first kappa shape index (κ1) is 19.9. The quantitative estimate of drug-likeness (QED) is 0.618. The van der Waals surface area contributed by atoms with Crippen LogP contribution in [0.1, 0.15) is 57.4 Å². The lowest BCUT2D eigenvalue weighted by Gasteiger charge is -2.33. The van der Waals surface area contributed by atoms with E-state index in [1.165, 1.54) is 0 Å². The maximum atomic E-state index is 13.3. The van der Waals surface area contributed by atoms with E-state index in [0.29, 0.717) is 5.95 Å². The molecule has 4 nitrogen and oxygen atoms in total. The summed E-state index contributed by atoms with van der Waals surface area (Å²) < 4.78 is 0. The molecule has 0 radical (unpaired) electrons. The second-order valence-electron chi connectivity index (χ2n) is 8.81. The third kappa shape index (κ3) is 4.16. The minimum atomic E-state index is -0.683. The van der Waals surface area contributed by atoms with Crippen LogP contribution in [-0.2, 0) is 10.2 Å². The van der Waals surface area contributed by atoms with Crippen molar-refractivity contribution in [1.82, 2.24) is 9.97 Å². The van der Waals surface area contributed by atoms with E-state index in [-0.39, 0.29) is 17.2 Å².